The number of phenols is 1. The molecule has 16 heteroatoms. The molecule has 0 radical (unpaired) electrons. The van der Waals surface area contributed by atoms with Gasteiger partial charge in [-0.15, -0.1) is 0 Å². The molecule has 1 aliphatic rings. The largest absolute Gasteiger partial charge is 0.512 e. The van der Waals surface area contributed by atoms with Gasteiger partial charge < -0.3 is 33.9 Å². The number of anilines is 1. The predicted molar refractivity (Wildman–Crippen MR) is 239 cm³/mol. The van der Waals surface area contributed by atoms with Gasteiger partial charge in [0.2, 0.25) is 6.79 Å². The van der Waals surface area contributed by atoms with Crippen molar-refractivity contribution in [2.24, 2.45) is 0 Å². The molecule has 1 aliphatic carbocycles. The number of hydrogen-bond acceptors (Lipinski definition) is 11. The molecule has 6 rings (SSSR count). The summed E-state index contributed by atoms with van der Waals surface area (Å²) >= 11 is 0. The first kappa shape index (κ1) is 49.3. The van der Waals surface area contributed by atoms with Gasteiger partial charge in [-0.25, -0.2) is 23.4 Å². The quantitative estimate of drug-likeness (QED) is 0.0358. The number of ether oxygens (including phenoxy) is 4. The Balaban J connectivity index is 0.000000219. The van der Waals surface area contributed by atoms with Crippen LogP contribution >= 0.6 is 0 Å². The number of aromatic hydroxyl groups is 1. The Bertz CT molecular complexity index is 2780. The van der Waals surface area contributed by atoms with Gasteiger partial charge in [-0.1, -0.05) is 92.5 Å². The maximum absolute atomic E-state index is 12.9. The van der Waals surface area contributed by atoms with E-state index in [9.17, 15) is 46.8 Å². The highest BCUT2D eigenvalue weighted by Crippen LogP contribution is 2.32. The number of rotatable bonds is 12. The van der Waals surface area contributed by atoms with Crippen LogP contribution in [0.1, 0.15) is 53.4 Å². The SMILES string of the molecule is C=C(C)C(=O)OCOC(=O)c1ccc(NS(=C)(=O)C(F)(F)F)c2ccccc12.C=C(C)C(=O)OCc1ccc2c(c1)CC=C(O)C2.C=C(C)C(=O)OCc1cccc2c(O)cccc12. The Morgan fingerprint density at radius 2 is 1.27 bits per heavy atom. The summed E-state index contributed by atoms with van der Waals surface area (Å²) in [5.74, 6) is 0.980. The van der Waals surface area contributed by atoms with Crippen molar-refractivity contribution in [3.63, 3.8) is 0 Å². The first-order chi connectivity index (χ1) is 30.1. The molecule has 1 unspecified atom stereocenters. The van der Waals surface area contributed by atoms with Crippen molar-refractivity contribution in [2.45, 2.75) is 52.3 Å². The van der Waals surface area contributed by atoms with Gasteiger partial charge in [0.05, 0.1) is 17.0 Å². The molecular formula is C48H46F3NO11S. The van der Waals surface area contributed by atoms with Crippen molar-refractivity contribution in [3.8, 4) is 5.75 Å². The van der Waals surface area contributed by atoms with Gasteiger partial charge in [0.15, 0.2) is 0 Å². The van der Waals surface area contributed by atoms with E-state index < -0.39 is 39.9 Å². The molecule has 5 aromatic rings. The molecule has 64 heavy (non-hydrogen) atoms. The number of esters is 4. The fourth-order valence-electron chi connectivity index (χ4n) is 5.79. The summed E-state index contributed by atoms with van der Waals surface area (Å²) in [4.78, 5) is 46.2. The third-order valence-corrected chi connectivity index (χ3v) is 10.4. The lowest BCUT2D eigenvalue weighted by atomic mass is 9.94. The standard InChI is InChI=1S/C18H16F3NO5S.C15H14O3.C15H16O3/c1-11(2)16(23)26-10-27-17(24)14-8-9-15(13-7-5-4-6-12(13)14)22-28(3,25)18(19,20)21;1-10(2)15(17)18-9-11-5-3-7-13-12(11)6-4-8-14(13)16;1-10(2)15(17)18-9-11-3-4-13-8-14(16)6-5-12(13)7-11/h4-9H,1,3,10H2,2H3,(H,22,25);3-8,16H,1,9H2,2H3;3-4,6-7,16H,1,5,8-9H2,2H3. The smallest absolute Gasteiger partial charge is 0.481 e. The minimum absolute atomic E-state index is 0.0232. The normalized spacial score (nSPS) is 12.6. The van der Waals surface area contributed by atoms with E-state index in [0.29, 0.717) is 23.3 Å². The van der Waals surface area contributed by atoms with Gasteiger partial charge in [-0.2, -0.15) is 13.2 Å². The number of nitrogens with one attached hydrogen (secondary N) is 1. The van der Waals surface area contributed by atoms with E-state index in [-0.39, 0.29) is 52.5 Å². The second-order valence-electron chi connectivity index (χ2n) is 14.4. The van der Waals surface area contributed by atoms with Crippen molar-refractivity contribution in [1.82, 2.24) is 0 Å². The van der Waals surface area contributed by atoms with Crippen molar-refractivity contribution < 1.29 is 65.7 Å². The second kappa shape index (κ2) is 21.6. The molecule has 0 saturated heterocycles. The van der Waals surface area contributed by atoms with Gasteiger partial charge >= 0.3 is 29.4 Å². The number of aliphatic hydroxyl groups excluding tert-OH is 1. The monoisotopic (exact) mass is 901 g/mol. The van der Waals surface area contributed by atoms with Crippen LogP contribution in [0.25, 0.3) is 21.5 Å². The van der Waals surface area contributed by atoms with Crippen LogP contribution in [-0.4, -0.2) is 56.5 Å². The number of hydrogen-bond donors (Lipinski definition) is 3. The average Bonchev–Trinajstić information content (AvgIpc) is 3.24. The predicted octanol–water partition coefficient (Wildman–Crippen LogP) is 9.65. The molecule has 0 heterocycles. The summed E-state index contributed by atoms with van der Waals surface area (Å²) in [6.45, 7) is 14.9. The third-order valence-electron chi connectivity index (χ3n) is 9.14. The summed E-state index contributed by atoms with van der Waals surface area (Å²) in [6, 6.07) is 25.1. The lowest BCUT2D eigenvalue weighted by Crippen LogP contribution is -2.29. The van der Waals surface area contributed by atoms with Crippen LogP contribution in [0.5, 0.6) is 5.75 Å². The van der Waals surface area contributed by atoms with E-state index in [2.05, 4.69) is 30.3 Å². The number of benzene rings is 5. The average molecular weight is 902 g/mol. The zero-order valence-corrected chi connectivity index (χ0v) is 36.0. The second-order valence-corrected chi connectivity index (χ2v) is 16.4. The Kier molecular flexibility index (Phi) is 16.7. The van der Waals surface area contributed by atoms with Gasteiger partial charge in [0.25, 0.3) is 0 Å². The van der Waals surface area contributed by atoms with Gasteiger partial charge in [0, 0.05) is 33.9 Å². The van der Waals surface area contributed by atoms with Crippen LogP contribution in [0.15, 0.2) is 139 Å². The Morgan fingerprint density at radius 1 is 0.688 bits per heavy atom. The van der Waals surface area contributed by atoms with Gasteiger partial charge in [-0.3, -0.25) is 0 Å². The number of halogens is 3. The number of aliphatic hydroxyl groups is 1. The highest BCUT2D eigenvalue weighted by Gasteiger charge is 2.40. The number of allylic oxidation sites excluding steroid dienone is 2. The number of carbonyl (C=O) groups excluding carboxylic acids is 4. The molecule has 12 nitrogen and oxygen atoms in total. The summed E-state index contributed by atoms with van der Waals surface area (Å²) in [6.07, 6.45) is 3.12. The van der Waals surface area contributed by atoms with Crippen LogP contribution in [0.4, 0.5) is 18.9 Å². The number of fused-ring (bicyclic) bond motifs is 3. The number of carbonyl (C=O) groups is 4. The van der Waals surface area contributed by atoms with Crippen LogP contribution in [0.3, 0.4) is 0 Å². The maximum atomic E-state index is 12.9. The van der Waals surface area contributed by atoms with E-state index >= 15 is 0 Å². The van der Waals surface area contributed by atoms with Crippen LogP contribution in [0.2, 0.25) is 0 Å². The highest BCUT2D eigenvalue weighted by molar-refractivity contribution is 8.02. The van der Waals surface area contributed by atoms with E-state index in [4.69, 9.17) is 14.2 Å². The lowest BCUT2D eigenvalue weighted by molar-refractivity contribution is -0.147. The fourth-order valence-corrected chi connectivity index (χ4v) is 6.44. The molecule has 0 aromatic heterocycles. The molecule has 0 bridgehead atoms. The third kappa shape index (κ3) is 13.3. The molecule has 1 atom stereocenters. The molecule has 0 aliphatic heterocycles. The van der Waals surface area contributed by atoms with E-state index in [0.717, 1.165) is 39.9 Å². The Morgan fingerprint density at radius 3 is 1.91 bits per heavy atom. The van der Waals surface area contributed by atoms with Gasteiger partial charge in [-0.05, 0) is 90.4 Å². The molecule has 0 fully saturated rings. The fraction of sp³-hybridized carbons (Fsp3) is 0.188. The van der Waals surface area contributed by atoms with E-state index in [1.807, 2.05) is 53.3 Å². The molecule has 0 spiro atoms. The molecule has 0 amide bonds. The van der Waals surface area contributed by atoms with Gasteiger partial charge in [0.1, 0.15) is 28.7 Å². The first-order valence-corrected chi connectivity index (χ1v) is 20.9. The lowest BCUT2D eigenvalue weighted by Gasteiger charge is -2.17. The minimum Gasteiger partial charge on any atom is -0.512 e. The zero-order valence-electron chi connectivity index (χ0n) is 35.2. The maximum Gasteiger partial charge on any atom is 0.481 e. The summed E-state index contributed by atoms with van der Waals surface area (Å²) in [5.41, 5.74) is -0.123. The number of phenolic OH excluding ortho intramolecular Hbond substituents is 1. The zero-order chi connectivity index (χ0) is 47.4. The van der Waals surface area contributed by atoms with Crippen molar-refractivity contribution >= 4 is 66.7 Å². The first-order valence-electron chi connectivity index (χ1n) is 19.2. The molecule has 5 aromatic carbocycles. The minimum atomic E-state index is -5.06. The van der Waals surface area contributed by atoms with Crippen LogP contribution in [0, 0.1) is 0 Å². The van der Waals surface area contributed by atoms with E-state index in [1.165, 1.54) is 36.8 Å². The summed E-state index contributed by atoms with van der Waals surface area (Å²) in [7, 11) is -4.64. The Hall–Kier alpha value is -7.33. The van der Waals surface area contributed by atoms with Crippen LogP contribution in [-0.2, 0) is 69.1 Å². The summed E-state index contributed by atoms with van der Waals surface area (Å²) in [5, 5.41) is 21.3. The molecule has 0 saturated carbocycles. The highest BCUT2D eigenvalue weighted by atomic mass is 32.2. The molecular weight excluding hydrogens is 856 g/mol. The van der Waals surface area contributed by atoms with Crippen LogP contribution < -0.4 is 4.72 Å². The molecule has 336 valence electrons. The van der Waals surface area contributed by atoms with Crippen molar-refractivity contribution in [2.75, 3.05) is 11.5 Å². The number of alkyl halides is 3. The Labute approximate surface area is 368 Å². The van der Waals surface area contributed by atoms with Crippen molar-refractivity contribution in [3.05, 3.63) is 167 Å². The summed E-state index contributed by atoms with van der Waals surface area (Å²) < 4.78 is 72.0. The molecule has 3 N–H and O–H groups in total. The van der Waals surface area contributed by atoms with E-state index in [1.54, 1.807) is 32.0 Å². The topological polar surface area (TPSA) is 175 Å². The van der Waals surface area contributed by atoms with Crippen molar-refractivity contribution in [1.29, 1.82) is 0 Å².